The normalized spacial score (nSPS) is 11.9. The number of carbonyl (C=O) groups is 4. The lowest BCUT2D eigenvalue weighted by Crippen LogP contribution is -2.29. The van der Waals surface area contributed by atoms with Crippen LogP contribution in [0.15, 0.2) is 52.3 Å². The summed E-state index contributed by atoms with van der Waals surface area (Å²) in [6.07, 6.45) is 1.98. The Bertz CT molecular complexity index is 2320. The topological polar surface area (TPSA) is 267 Å². The van der Waals surface area contributed by atoms with Crippen LogP contribution in [0, 0.1) is 11.8 Å². The molecule has 18 nitrogen and oxygen atoms in total. The van der Waals surface area contributed by atoms with Crippen LogP contribution in [0.1, 0.15) is 44.5 Å². The summed E-state index contributed by atoms with van der Waals surface area (Å²) in [5.74, 6) is -2.27. The molecular weight excluding hydrogens is 924 g/mol. The number of para-hydroxylation sites is 4. The third-order valence-corrected chi connectivity index (χ3v) is 11.5. The lowest BCUT2D eigenvalue weighted by atomic mass is 10.2. The molecule has 0 bridgehead atoms. The first-order valence-electron chi connectivity index (χ1n) is 16.9. The van der Waals surface area contributed by atoms with Gasteiger partial charge in [-0.15, -0.1) is 0 Å². The second kappa shape index (κ2) is 21.7. The number of benzene rings is 2. The largest absolute Gasteiger partial charge is 0.491 e. The average Bonchev–Trinajstić information content (AvgIpc) is 3.68. The highest BCUT2D eigenvalue weighted by Crippen LogP contribution is 2.33. The number of nitrogens with two attached hydrogens (primary N) is 1. The van der Waals surface area contributed by atoms with Gasteiger partial charge in [-0.3, -0.25) is 29.8 Å². The Labute approximate surface area is 357 Å². The van der Waals surface area contributed by atoms with E-state index in [1.807, 2.05) is 27.7 Å². The molecule has 7 N–H and O–H groups in total. The minimum absolute atomic E-state index is 0.0375. The molecule has 2 aromatic carbocycles. The van der Waals surface area contributed by atoms with Crippen LogP contribution in [-0.4, -0.2) is 76.2 Å². The van der Waals surface area contributed by atoms with Crippen molar-refractivity contribution in [2.45, 2.75) is 39.6 Å². The van der Waals surface area contributed by atoms with Crippen molar-refractivity contribution in [3.8, 4) is 11.5 Å². The van der Waals surface area contributed by atoms with Gasteiger partial charge in [-0.2, -0.15) is 0 Å². The fourth-order valence-corrected chi connectivity index (χ4v) is 7.77. The summed E-state index contributed by atoms with van der Waals surface area (Å²) >= 11 is 11.0. The number of sulfonamides is 1. The minimum atomic E-state index is -3.58. The van der Waals surface area contributed by atoms with Crippen LogP contribution in [0.3, 0.4) is 0 Å². The van der Waals surface area contributed by atoms with Crippen molar-refractivity contribution in [3.63, 3.8) is 0 Å². The lowest BCUT2D eigenvalue weighted by Gasteiger charge is -2.13. The molecule has 0 aliphatic carbocycles. The predicted octanol–water partition coefficient (Wildman–Crippen LogP) is 4.98. The van der Waals surface area contributed by atoms with E-state index in [-0.39, 0.29) is 38.4 Å². The fraction of sp³-hybridized carbons (Fsp3) is 0.353. The van der Waals surface area contributed by atoms with Crippen LogP contribution < -0.4 is 41.2 Å². The molecule has 58 heavy (non-hydrogen) atoms. The molecule has 0 spiro atoms. The fourth-order valence-electron chi connectivity index (χ4n) is 4.01. The highest BCUT2D eigenvalue weighted by Gasteiger charge is 2.26. The third kappa shape index (κ3) is 15.8. The summed E-state index contributed by atoms with van der Waals surface area (Å²) in [7, 11) is -7.00. The van der Waals surface area contributed by atoms with Gasteiger partial charge in [-0.05, 0) is 52.0 Å². The van der Waals surface area contributed by atoms with Gasteiger partial charge in [0.15, 0.2) is 25.5 Å². The Morgan fingerprint density at radius 1 is 0.741 bits per heavy atom. The van der Waals surface area contributed by atoms with Crippen LogP contribution in [0.5, 0.6) is 11.5 Å². The van der Waals surface area contributed by atoms with Gasteiger partial charge in [0.1, 0.15) is 21.5 Å². The number of halogens is 2. The summed E-state index contributed by atoms with van der Waals surface area (Å²) in [6.45, 7) is 8.75. The highest BCUT2D eigenvalue weighted by atomic mass is 79.9. The Morgan fingerprint density at radius 2 is 1.17 bits per heavy atom. The first-order valence-corrected chi connectivity index (χ1v) is 23.6. The van der Waals surface area contributed by atoms with E-state index in [1.165, 1.54) is 0 Å². The molecule has 0 radical (unpaired) electrons. The van der Waals surface area contributed by atoms with Gasteiger partial charge < -0.3 is 25.8 Å². The van der Waals surface area contributed by atoms with E-state index < -0.39 is 48.9 Å². The van der Waals surface area contributed by atoms with Gasteiger partial charge in [0.2, 0.25) is 10.0 Å². The van der Waals surface area contributed by atoms with Crippen LogP contribution in [0.4, 0.5) is 21.6 Å². The molecule has 2 aromatic heterocycles. The number of nitrogens with zero attached hydrogens (tertiary/aromatic N) is 2. The standard InChI is InChI=1S/C17H21BrN4O5S2.C17H21ClN4O5S2/c1-9(2)8-27-11-7-5-4-6-10(11)20-15(23)16(24)22-17-21-12(13(18)28-17)14(19)29(3,25)26;1-10(2)9-27-13-7-5-4-6-11(13)20-15(23)16(24)22-17-21-12(14(18)28-17)8-19-29(3,25)26/h4-7,9,14H,8,19H2,1-3H3,(H,20,23)(H,21,22,24);4-7,10,19H,8-9H2,1-3H3,(H,20,23)(H,21,22,24). The number of carbonyl (C=O) groups excluding carboxylic acids is 4. The quantitative estimate of drug-likeness (QED) is 0.0860. The molecule has 1 atom stereocenters. The molecule has 2 heterocycles. The summed E-state index contributed by atoms with van der Waals surface area (Å²) in [5, 5.41) is 8.43. The van der Waals surface area contributed by atoms with Gasteiger partial charge in [0.25, 0.3) is 0 Å². The SMILES string of the molecule is CC(C)COc1ccccc1NC(=O)C(=O)Nc1nc(C(N)S(C)(=O)=O)c(Br)s1.CC(C)COc1ccccc1NC(=O)C(=O)Nc1nc(CNS(C)(=O)=O)c(Cl)s1. The molecule has 24 heteroatoms. The zero-order chi connectivity index (χ0) is 43.4. The Morgan fingerprint density at radius 3 is 1.60 bits per heavy atom. The van der Waals surface area contributed by atoms with E-state index >= 15 is 0 Å². The second-order valence-corrected chi connectivity index (χ2v) is 20.9. The van der Waals surface area contributed by atoms with E-state index in [0.29, 0.717) is 45.8 Å². The number of hydrogen-bond acceptors (Lipinski definition) is 15. The number of sulfone groups is 1. The van der Waals surface area contributed by atoms with Gasteiger partial charge >= 0.3 is 23.6 Å². The van der Waals surface area contributed by atoms with Crippen molar-refractivity contribution < 1.29 is 45.5 Å². The maximum Gasteiger partial charge on any atom is 0.315 e. The smallest absolute Gasteiger partial charge is 0.315 e. The maximum atomic E-state index is 12.3. The van der Waals surface area contributed by atoms with E-state index in [1.54, 1.807) is 48.5 Å². The second-order valence-electron chi connectivity index (χ2n) is 13.0. The average molecular weight is 966 g/mol. The minimum Gasteiger partial charge on any atom is -0.491 e. The molecule has 0 saturated heterocycles. The zero-order valence-corrected chi connectivity index (χ0v) is 37.5. The van der Waals surface area contributed by atoms with Gasteiger partial charge in [0.05, 0.1) is 46.9 Å². The molecule has 1 unspecified atom stereocenters. The van der Waals surface area contributed by atoms with Gasteiger partial charge in [-0.25, -0.2) is 31.5 Å². The number of thiazole rings is 2. The van der Waals surface area contributed by atoms with E-state index in [4.69, 9.17) is 26.8 Å². The molecule has 4 aromatic rings. The third-order valence-electron chi connectivity index (χ3n) is 6.76. The van der Waals surface area contributed by atoms with Gasteiger partial charge in [-0.1, -0.05) is 86.2 Å². The van der Waals surface area contributed by atoms with Crippen molar-refractivity contribution in [1.82, 2.24) is 14.7 Å². The lowest BCUT2D eigenvalue weighted by molar-refractivity contribution is -0.133. The molecule has 316 valence electrons. The van der Waals surface area contributed by atoms with Crippen molar-refractivity contribution in [2.75, 3.05) is 47.0 Å². The molecule has 0 aliphatic heterocycles. The predicted molar refractivity (Wildman–Crippen MR) is 228 cm³/mol. The van der Waals surface area contributed by atoms with Crippen LogP contribution in [-0.2, 0) is 45.6 Å². The zero-order valence-electron chi connectivity index (χ0n) is 31.9. The number of hydrogen-bond donors (Lipinski definition) is 6. The number of rotatable bonds is 15. The van der Waals surface area contributed by atoms with E-state index in [9.17, 15) is 36.0 Å². The summed E-state index contributed by atoms with van der Waals surface area (Å²) in [4.78, 5) is 56.9. The molecule has 0 saturated carbocycles. The van der Waals surface area contributed by atoms with Crippen LogP contribution in [0.25, 0.3) is 0 Å². The maximum absolute atomic E-state index is 12.3. The Hall–Kier alpha value is -4.23. The van der Waals surface area contributed by atoms with E-state index in [0.717, 1.165) is 35.2 Å². The Balaban J connectivity index is 0.000000310. The first-order chi connectivity index (χ1) is 27.0. The molecule has 0 fully saturated rings. The molecule has 4 rings (SSSR count). The van der Waals surface area contributed by atoms with Crippen molar-refractivity contribution >= 4 is 115 Å². The number of ether oxygens (including phenoxy) is 2. The first kappa shape index (κ1) is 48.1. The van der Waals surface area contributed by atoms with Crippen LogP contribution in [0.2, 0.25) is 4.34 Å². The molecule has 4 amide bonds. The van der Waals surface area contributed by atoms with Crippen molar-refractivity contribution in [2.24, 2.45) is 17.6 Å². The number of anilines is 4. The summed E-state index contributed by atoms with van der Waals surface area (Å²) < 4.78 is 59.6. The monoisotopic (exact) mass is 964 g/mol. The summed E-state index contributed by atoms with van der Waals surface area (Å²) in [6, 6.07) is 13.5. The Kier molecular flexibility index (Phi) is 18.0. The number of amides is 4. The number of aromatic nitrogens is 2. The number of nitrogens with one attached hydrogen (secondary N) is 5. The van der Waals surface area contributed by atoms with Gasteiger partial charge in [0, 0.05) is 6.26 Å². The van der Waals surface area contributed by atoms with Crippen molar-refractivity contribution in [1.29, 1.82) is 0 Å². The van der Waals surface area contributed by atoms with E-state index in [2.05, 4.69) is 51.9 Å². The van der Waals surface area contributed by atoms with Crippen LogP contribution >= 0.6 is 50.2 Å². The highest BCUT2D eigenvalue weighted by molar-refractivity contribution is 9.11. The molecule has 0 aliphatic rings. The molecular formula is C34H42BrClN8O10S4. The summed E-state index contributed by atoms with van der Waals surface area (Å²) in [5.41, 5.74) is 6.68. The van der Waals surface area contributed by atoms with Crippen molar-refractivity contribution in [3.05, 3.63) is 68.0 Å².